The number of unbranched alkanes of at least 4 members (excludes halogenated alkanes) is 2. The molecule has 0 aliphatic heterocycles. The molecule has 94 valence electrons. The fourth-order valence-electron chi connectivity index (χ4n) is 1.38. The number of nitrogens with zero attached hydrogens (tertiary/aromatic N) is 1. The van der Waals surface area contributed by atoms with Crippen LogP contribution in [-0.4, -0.2) is 43.4 Å². The topological polar surface area (TPSA) is 75.4 Å². The molecular formula is C11H23N3O2. The van der Waals surface area contributed by atoms with E-state index in [1.54, 1.807) is 11.9 Å². The average molecular weight is 229 g/mol. The second-order valence-electron chi connectivity index (χ2n) is 3.68. The Morgan fingerprint density at radius 2 is 1.94 bits per heavy atom. The van der Waals surface area contributed by atoms with Gasteiger partial charge in [-0.05, 0) is 26.3 Å². The van der Waals surface area contributed by atoms with Gasteiger partial charge >= 0.3 is 0 Å². The van der Waals surface area contributed by atoms with Crippen molar-refractivity contribution in [3.63, 3.8) is 0 Å². The maximum Gasteiger partial charge on any atom is 0.239 e. The summed E-state index contributed by atoms with van der Waals surface area (Å²) in [7, 11) is 1.57. The number of hydrogen-bond donors (Lipinski definition) is 2. The van der Waals surface area contributed by atoms with Gasteiger partial charge < -0.3 is 16.0 Å². The van der Waals surface area contributed by atoms with Crippen LogP contribution in [0.15, 0.2) is 0 Å². The minimum Gasteiger partial charge on any atom is -0.358 e. The molecule has 0 saturated carbocycles. The lowest BCUT2D eigenvalue weighted by Crippen LogP contribution is -2.39. The van der Waals surface area contributed by atoms with Crippen LogP contribution < -0.4 is 11.1 Å². The highest BCUT2D eigenvalue weighted by molar-refractivity contribution is 5.84. The predicted molar refractivity (Wildman–Crippen MR) is 63.8 cm³/mol. The molecule has 0 aromatic rings. The summed E-state index contributed by atoms with van der Waals surface area (Å²) in [4.78, 5) is 24.4. The molecule has 0 saturated heterocycles. The van der Waals surface area contributed by atoms with Crippen molar-refractivity contribution < 1.29 is 9.59 Å². The molecule has 0 aliphatic carbocycles. The molecule has 16 heavy (non-hydrogen) atoms. The minimum absolute atomic E-state index is 0.0446. The van der Waals surface area contributed by atoms with Gasteiger partial charge in [0.1, 0.15) is 0 Å². The van der Waals surface area contributed by atoms with E-state index in [1.165, 1.54) is 0 Å². The number of carbonyl (C=O) groups excluding carboxylic acids is 2. The first-order valence-corrected chi connectivity index (χ1v) is 5.84. The lowest BCUT2D eigenvalue weighted by atomic mass is 10.2. The molecule has 0 aromatic carbocycles. The first-order valence-electron chi connectivity index (χ1n) is 5.84. The number of nitrogens with one attached hydrogen (secondary N) is 1. The molecule has 0 atom stereocenters. The van der Waals surface area contributed by atoms with Crippen LogP contribution >= 0.6 is 0 Å². The first-order chi connectivity index (χ1) is 7.65. The monoisotopic (exact) mass is 229 g/mol. The molecule has 0 heterocycles. The molecule has 0 bridgehead atoms. The predicted octanol–water partition coefficient (Wildman–Crippen LogP) is 0.100. The van der Waals surface area contributed by atoms with Gasteiger partial charge in [-0.2, -0.15) is 0 Å². The number of amides is 2. The lowest BCUT2D eigenvalue weighted by Gasteiger charge is -2.19. The number of likely N-dealkylation sites (N-methyl/N-ethyl adjacent to an activating group) is 2. The summed E-state index contributed by atoms with van der Waals surface area (Å²) in [5.74, 6) is -0.0831. The molecule has 0 fully saturated rings. The second kappa shape index (κ2) is 9.15. The Morgan fingerprint density at radius 1 is 1.25 bits per heavy atom. The fraction of sp³-hybridized carbons (Fsp3) is 0.818. The Kier molecular flexibility index (Phi) is 8.52. The average Bonchev–Trinajstić information content (AvgIpc) is 2.30. The minimum atomic E-state index is -0.128. The zero-order chi connectivity index (χ0) is 12.4. The first kappa shape index (κ1) is 14.9. The van der Waals surface area contributed by atoms with Crippen molar-refractivity contribution in [3.8, 4) is 0 Å². The maximum atomic E-state index is 11.7. The van der Waals surface area contributed by atoms with Gasteiger partial charge in [-0.15, -0.1) is 0 Å². The molecular weight excluding hydrogens is 206 g/mol. The number of nitrogens with two attached hydrogens (primary N) is 1. The SMILES string of the molecule is CCN(CC(=O)NC)C(=O)CCCCCN. The molecule has 0 radical (unpaired) electrons. The van der Waals surface area contributed by atoms with Gasteiger partial charge in [-0.1, -0.05) is 6.42 Å². The molecule has 3 N–H and O–H groups in total. The molecule has 5 heteroatoms. The van der Waals surface area contributed by atoms with E-state index in [9.17, 15) is 9.59 Å². The Bertz CT molecular complexity index is 219. The van der Waals surface area contributed by atoms with E-state index in [-0.39, 0.29) is 18.4 Å². The molecule has 2 amide bonds. The maximum absolute atomic E-state index is 11.7. The third-order valence-electron chi connectivity index (χ3n) is 2.44. The van der Waals surface area contributed by atoms with E-state index in [0.717, 1.165) is 19.3 Å². The summed E-state index contributed by atoms with van der Waals surface area (Å²) in [6.07, 6.45) is 3.28. The van der Waals surface area contributed by atoms with Crippen LogP contribution in [0, 0.1) is 0 Å². The summed E-state index contributed by atoms with van der Waals surface area (Å²) >= 11 is 0. The van der Waals surface area contributed by atoms with Gasteiger partial charge in [0.05, 0.1) is 6.54 Å². The molecule has 0 rings (SSSR count). The van der Waals surface area contributed by atoms with Crippen molar-refractivity contribution >= 4 is 11.8 Å². The Hall–Kier alpha value is -1.10. The number of rotatable bonds is 8. The van der Waals surface area contributed by atoms with E-state index in [4.69, 9.17) is 5.73 Å². The smallest absolute Gasteiger partial charge is 0.239 e. The fourth-order valence-corrected chi connectivity index (χ4v) is 1.38. The van der Waals surface area contributed by atoms with Crippen molar-refractivity contribution in [1.82, 2.24) is 10.2 Å². The second-order valence-corrected chi connectivity index (χ2v) is 3.68. The van der Waals surface area contributed by atoms with Gasteiger partial charge in [0.2, 0.25) is 11.8 Å². The Balaban J connectivity index is 3.87. The third-order valence-corrected chi connectivity index (χ3v) is 2.44. The molecule has 0 unspecified atom stereocenters. The van der Waals surface area contributed by atoms with Crippen molar-refractivity contribution in [2.24, 2.45) is 5.73 Å². The van der Waals surface area contributed by atoms with Crippen LogP contribution in [0.3, 0.4) is 0 Å². The molecule has 0 aliphatic rings. The summed E-state index contributed by atoms with van der Waals surface area (Å²) in [6, 6.07) is 0. The molecule has 5 nitrogen and oxygen atoms in total. The zero-order valence-electron chi connectivity index (χ0n) is 10.3. The summed E-state index contributed by atoms with van der Waals surface area (Å²) in [5.41, 5.74) is 5.37. The Labute approximate surface area is 97.4 Å². The summed E-state index contributed by atoms with van der Waals surface area (Å²) in [6.45, 7) is 3.27. The van der Waals surface area contributed by atoms with Crippen LogP contribution in [0.4, 0.5) is 0 Å². The molecule has 0 aromatic heterocycles. The highest BCUT2D eigenvalue weighted by Gasteiger charge is 2.13. The highest BCUT2D eigenvalue weighted by atomic mass is 16.2. The van der Waals surface area contributed by atoms with Crippen molar-refractivity contribution in [2.75, 3.05) is 26.7 Å². The standard InChI is InChI=1S/C11H23N3O2/c1-3-14(9-10(15)13-2)11(16)7-5-4-6-8-12/h3-9,12H2,1-2H3,(H,13,15). The van der Waals surface area contributed by atoms with Gasteiger partial charge in [0.25, 0.3) is 0 Å². The van der Waals surface area contributed by atoms with E-state index in [2.05, 4.69) is 5.32 Å². The van der Waals surface area contributed by atoms with Crippen molar-refractivity contribution in [3.05, 3.63) is 0 Å². The highest BCUT2D eigenvalue weighted by Crippen LogP contribution is 2.02. The van der Waals surface area contributed by atoms with E-state index in [0.29, 0.717) is 19.5 Å². The van der Waals surface area contributed by atoms with Gasteiger partial charge in [-0.25, -0.2) is 0 Å². The van der Waals surface area contributed by atoms with Crippen molar-refractivity contribution in [1.29, 1.82) is 0 Å². The molecule has 0 spiro atoms. The quantitative estimate of drug-likeness (QED) is 0.580. The van der Waals surface area contributed by atoms with E-state index in [1.807, 2.05) is 6.92 Å². The van der Waals surface area contributed by atoms with E-state index < -0.39 is 0 Å². The van der Waals surface area contributed by atoms with Gasteiger partial charge in [0, 0.05) is 20.0 Å². The lowest BCUT2D eigenvalue weighted by molar-refractivity contribution is -0.135. The summed E-state index contributed by atoms with van der Waals surface area (Å²) in [5, 5.41) is 2.51. The number of hydrogen-bond acceptors (Lipinski definition) is 3. The van der Waals surface area contributed by atoms with Crippen molar-refractivity contribution in [2.45, 2.75) is 32.6 Å². The largest absolute Gasteiger partial charge is 0.358 e. The van der Waals surface area contributed by atoms with Crippen LogP contribution in [0.25, 0.3) is 0 Å². The summed E-state index contributed by atoms with van der Waals surface area (Å²) < 4.78 is 0. The van der Waals surface area contributed by atoms with Crippen LogP contribution in [0.1, 0.15) is 32.6 Å². The number of carbonyl (C=O) groups is 2. The third kappa shape index (κ3) is 6.40. The normalized spacial score (nSPS) is 9.94. The van der Waals surface area contributed by atoms with E-state index >= 15 is 0 Å². The Morgan fingerprint density at radius 3 is 2.44 bits per heavy atom. The van der Waals surface area contributed by atoms with Crippen LogP contribution in [0.2, 0.25) is 0 Å². The van der Waals surface area contributed by atoms with Crippen LogP contribution in [0.5, 0.6) is 0 Å². The van der Waals surface area contributed by atoms with Gasteiger partial charge in [-0.3, -0.25) is 9.59 Å². The zero-order valence-corrected chi connectivity index (χ0v) is 10.3. The van der Waals surface area contributed by atoms with Gasteiger partial charge in [0.15, 0.2) is 0 Å². The van der Waals surface area contributed by atoms with Crippen LogP contribution in [-0.2, 0) is 9.59 Å².